The number of para-hydroxylation sites is 1. The number of hydrogen-bond donors (Lipinski definition) is 0. The number of halogens is 2. The van der Waals surface area contributed by atoms with Gasteiger partial charge in [0.25, 0.3) is 0 Å². The fourth-order valence-electron chi connectivity index (χ4n) is 2.65. The maximum Gasteiger partial charge on any atom is 0.353 e. The van der Waals surface area contributed by atoms with E-state index in [-0.39, 0.29) is 18.3 Å². The van der Waals surface area contributed by atoms with Gasteiger partial charge in [0, 0.05) is 28.2 Å². The molecule has 0 fully saturated rings. The van der Waals surface area contributed by atoms with E-state index in [0.29, 0.717) is 21.4 Å². The van der Waals surface area contributed by atoms with Gasteiger partial charge >= 0.3 is 11.7 Å². The van der Waals surface area contributed by atoms with Crippen LogP contribution in [-0.4, -0.2) is 27.2 Å². The monoisotopic (exact) mass is 420 g/mol. The largest absolute Gasteiger partial charge is 0.467 e. The molecule has 146 valence electrons. The van der Waals surface area contributed by atoms with E-state index in [1.807, 2.05) is 18.2 Å². The van der Waals surface area contributed by atoms with Gasteiger partial charge in [0.2, 0.25) is 0 Å². The lowest BCUT2D eigenvalue weighted by Gasteiger charge is -2.10. The molecule has 0 saturated carbocycles. The molecule has 3 aromatic rings. The molecule has 0 amide bonds. The van der Waals surface area contributed by atoms with E-state index in [4.69, 9.17) is 32.8 Å². The van der Waals surface area contributed by atoms with Crippen molar-refractivity contribution in [2.75, 3.05) is 7.11 Å². The number of ether oxygens (including phenoxy) is 1. The molecule has 0 aliphatic rings. The van der Waals surface area contributed by atoms with Crippen molar-refractivity contribution in [2.45, 2.75) is 13.5 Å². The van der Waals surface area contributed by atoms with Crippen LogP contribution in [0.4, 0.5) is 0 Å². The first-order chi connectivity index (χ1) is 13.4. The summed E-state index contributed by atoms with van der Waals surface area (Å²) in [5.41, 5.74) is 2.42. The molecule has 0 aliphatic heterocycles. The van der Waals surface area contributed by atoms with Crippen LogP contribution in [0.25, 0.3) is 5.69 Å². The number of oxime groups is 1. The Bertz CT molecular complexity index is 1070. The number of benzene rings is 2. The van der Waals surface area contributed by atoms with E-state index >= 15 is 0 Å². The molecule has 0 aliphatic carbocycles. The van der Waals surface area contributed by atoms with Gasteiger partial charge in [-0.15, -0.1) is 5.10 Å². The van der Waals surface area contributed by atoms with Crippen LogP contribution >= 0.6 is 23.2 Å². The Labute approximate surface area is 171 Å². The molecule has 0 N–H and O–H groups in total. The molecule has 0 saturated heterocycles. The zero-order chi connectivity index (χ0) is 20.3. The van der Waals surface area contributed by atoms with Crippen molar-refractivity contribution in [1.29, 1.82) is 0 Å². The standard InChI is InChI=1S/C19H18Cl2N4O3/c1-12(14-8-15(20)10-16(21)9-14)23-28-11-13-6-4-5-7-17(13)25-18(27-3)22-24(2)19(25)26/h4-10H,11H2,1-3H3. The topological polar surface area (TPSA) is 70.6 Å². The second kappa shape index (κ2) is 8.50. The smallest absolute Gasteiger partial charge is 0.353 e. The normalized spacial score (nSPS) is 11.5. The summed E-state index contributed by atoms with van der Waals surface area (Å²) in [6, 6.07) is 12.6. The van der Waals surface area contributed by atoms with Crippen molar-refractivity contribution in [3.63, 3.8) is 0 Å². The molecule has 0 atom stereocenters. The molecule has 1 aromatic heterocycles. The molecular formula is C19H18Cl2N4O3. The second-order valence-corrected chi connectivity index (χ2v) is 6.84. The van der Waals surface area contributed by atoms with E-state index in [9.17, 15) is 4.79 Å². The molecule has 2 aromatic carbocycles. The summed E-state index contributed by atoms with van der Waals surface area (Å²) in [6.45, 7) is 1.94. The van der Waals surface area contributed by atoms with Gasteiger partial charge in [0.1, 0.15) is 6.61 Å². The number of nitrogens with zero attached hydrogens (tertiary/aromatic N) is 4. The number of aryl methyl sites for hydroxylation is 1. The first-order valence-electron chi connectivity index (χ1n) is 8.32. The van der Waals surface area contributed by atoms with Crippen molar-refractivity contribution in [3.8, 4) is 11.7 Å². The fraction of sp³-hybridized carbons (Fsp3) is 0.211. The van der Waals surface area contributed by atoms with Crippen LogP contribution < -0.4 is 10.4 Å². The van der Waals surface area contributed by atoms with Gasteiger partial charge in [-0.1, -0.05) is 46.6 Å². The maximum atomic E-state index is 12.4. The minimum absolute atomic E-state index is 0.145. The van der Waals surface area contributed by atoms with Crippen molar-refractivity contribution in [1.82, 2.24) is 14.3 Å². The van der Waals surface area contributed by atoms with E-state index in [0.717, 1.165) is 11.1 Å². The molecule has 0 spiro atoms. The van der Waals surface area contributed by atoms with Crippen molar-refractivity contribution in [2.24, 2.45) is 12.2 Å². The highest BCUT2D eigenvalue weighted by Crippen LogP contribution is 2.21. The Kier molecular flexibility index (Phi) is 6.06. The third kappa shape index (κ3) is 4.21. The Morgan fingerprint density at radius 3 is 2.54 bits per heavy atom. The lowest BCUT2D eigenvalue weighted by Crippen LogP contribution is -2.22. The first kappa shape index (κ1) is 20.0. The average molecular weight is 421 g/mol. The first-order valence-corrected chi connectivity index (χ1v) is 9.07. The van der Waals surface area contributed by atoms with Crippen LogP contribution in [0, 0.1) is 0 Å². The van der Waals surface area contributed by atoms with Crippen LogP contribution in [0.3, 0.4) is 0 Å². The third-order valence-corrected chi connectivity index (χ3v) is 4.45. The van der Waals surface area contributed by atoms with E-state index in [1.54, 1.807) is 38.2 Å². The summed E-state index contributed by atoms with van der Waals surface area (Å²) in [4.78, 5) is 17.9. The van der Waals surface area contributed by atoms with Gasteiger partial charge in [-0.3, -0.25) is 0 Å². The molecule has 0 radical (unpaired) electrons. The minimum atomic E-state index is -0.322. The summed E-state index contributed by atoms with van der Waals surface area (Å²) >= 11 is 12.1. The molecule has 28 heavy (non-hydrogen) atoms. The van der Waals surface area contributed by atoms with E-state index < -0.39 is 0 Å². The summed E-state index contributed by atoms with van der Waals surface area (Å²) < 4.78 is 7.81. The number of hydrogen-bond acceptors (Lipinski definition) is 5. The zero-order valence-corrected chi connectivity index (χ0v) is 17.0. The lowest BCUT2D eigenvalue weighted by molar-refractivity contribution is 0.130. The number of rotatable bonds is 6. The summed E-state index contributed by atoms with van der Waals surface area (Å²) in [5.74, 6) is 0. The van der Waals surface area contributed by atoms with Gasteiger partial charge < -0.3 is 9.57 Å². The molecule has 0 unspecified atom stereocenters. The molecule has 1 heterocycles. The Balaban J connectivity index is 1.86. The van der Waals surface area contributed by atoms with Crippen molar-refractivity contribution < 1.29 is 9.57 Å². The predicted molar refractivity (Wildman–Crippen MR) is 109 cm³/mol. The van der Waals surface area contributed by atoms with Gasteiger partial charge in [-0.05, 0) is 31.2 Å². The van der Waals surface area contributed by atoms with Gasteiger partial charge in [0.05, 0.1) is 18.5 Å². The maximum absolute atomic E-state index is 12.4. The van der Waals surface area contributed by atoms with Crippen LogP contribution in [0.5, 0.6) is 6.01 Å². The summed E-state index contributed by atoms with van der Waals surface area (Å²) in [7, 11) is 3.02. The molecule has 0 bridgehead atoms. The molecule has 3 rings (SSSR count). The summed E-state index contributed by atoms with van der Waals surface area (Å²) in [6.07, 6.45) is 0. The molecule has 7 nitrogen and oxygen atoms in total. The molecule has 9 heteroatoms. The molecular weight excluding hydrogens is 403 g/mol. The summed E-state index contributed by atoms with van der Waals surface area (Å²) in [5, 5.41) is 9.24. The van der Waals surface area contributed by atoms with Crippen molar-refractivity contribution in [3.05, 3.63) is 74.1 Å². The predicted octanol–water partition coefficient (Wildman–Crippen LogP) is 3.83. The number of aromatic nitrogens is 3. The van der Waals surface area contributed by atoms with Crippen LogP contribution in [0.2, 0.25) is 10.0 Å². The van der Waals surface area contributed by atoms with Crippen LogP contribution in [-0.2, 0) is 18.5 Å². The quantitative estimate of drug-likeness (QED) is 0.448. The Morgan fingerprint density at radius 2 is 1.86 bits per heavy atom. The number of methoxy groups -OCH3 is 1. The Hall–Kier alpha value is -2.77. The highest BCUT2D eigenvalue weighted by atomic mass is 35.5. The van der Waals surface area contributed by atoms with Crippen LogP contribution in [0.1, 0.15) is 18.1 Å². The third-order valence-electron chi connectivity index (χ3n) is 4.01. The lowest BCUT2D eigenvalue weighted by atomic mass is 10.1. The van der Waals surface area contributed by atoms with Gasteiger partial charge in [-0.25, -0.2) is 14.0 Å². The van der Waals surface area contributed by atoms with Gasteiger partial charge in [0.15, 0.2) is 0 Å². The SMILES string of the molecule is COc1nn(C)c(=O)n1-c1ccccc1CON=C(C)c1cc(Cl)cc(Cl)c1. The fourth-order valence-corrected chi connectivity index (χ4v) is 3.17. The highest BCUT2D eigenvalue weighted by Gasteiger charge is 2.16. The average Bonchev–Trinajstić information content (AvgIpc) is 2.95. The Morgan fingerprint density at radius 1 is 1.18 bits per heavy atom. The minimum Gasteiger partial charge on any atom is -0.467 e. The zero-order valence-electron chi connectivity index (χ0n) is 15.5. The van der Waals surface area contributed by atoms with Gasteiger partial charge in [-0.2, -0.15) is 0 Å². The van der Waals surface area contributed by atoms with Crippen LogP contribution in [0.15, 0.2) is 52.4 Å². The van der Waals surface area contributed by atoms with E-state index in [1.165, 1.54) is 16.4 Å². The highest BCUT2D eigenvalue weighted by molar-refractivity contribution is 6.35. The second-order valence-electron chi connectivity index (χ2n) is 5.97. The van der Waals surface area contributed by atoms with Crippen molar-refractivity contribution >= 4 is 28.9 Å². The van der Waals surface area contributed by atoms with E-state index in [2.05, 4.69) is 10.3 Å².